The Morgan fingerprint density at radius 1 is 1.21 bits per heavy atom. The molecule has 0 aliphatic carbocycles. The number of thiophene rings is 1. The van der Waals surface area contributed by atoms with Gasteiger partial charge in [-0.15, -0.1) is 11.3 Å². The van der Waals surface area contributed by atoms with E-state index in [0.29, 0.717) is 28.7 Å². The van der Waals surface area contributed by atoms with Crippen molar-refractivity contribution < 1.29 is 9.21 Å². The van der Waals surface area contributed by atoms with Gasteiger partial charge in [0.15, 0.2) is 0 Å². The van der Waals surface area contributed by atoms with Crippen molar-refractivity contribution in [2.24, 2.45) is 0 Å². The second-order valence-corrected chi connectivity index (χ2v) is 7.19. The molecule has 3 nitrogen and oxygen atoms in total. The molecule has 2 heterocycles. The minimum Gasteiger partial charge on any atom is -0.472 e. The zero-order chi connectivity index (χ0) is 16.9. The largest absolute Gasteiger partial charge is 0.472 e. The highest BCUT2D eigenvalue weighted by Gasteiger charge is 2.19. The zero-order valence-corrected chi connectivity index (χ0v) is 15.1. The first kappa shape index (κ1) is 17.1. The molecule has 0 saturated heterocycles. The number of amides is 1. The van der Waals surface area contributed by atoms with Crippen LogP contribution in [0.4, 0.5) is 0 Å². The molecule has 2 aromatic heterocycles. The zero-order valence-electron chi connectivity index (χ0n) is 12.7. The quantitative estimate of drug-likeness (QED) is 0.563. The van der Waals surface area contributed by atoms with Crippen LogP contribution in [0.3, 0.4) is 0 Å². The second-order valence-electron chi connectivity index (χ2n) is 5.31. The topological polar surface area (TPSA) is 33.5 Å². The summed E-state index contributed by atoms with van der Waals surface area (Å²) in [6, 6.07) is 10.9. The van der Waals surface area contributed by atoms with Gasteiger partial charge in [-0.05, 0) is 42.1 Å². The number of furan rings is 1. The fourth-order valence-electron chi connectivity index (χ4n) is 2.39. The predicted molar refractivity (Wildman–Crippen MR) is 97.9 cm³/mol. The standard InChI is InChI=1S/C18H15Cl2NO2S/c19-14-3-4-17(20)16(10-14)18(22)21(11-13-6-8-23-12-13)7-5-15-2-1-9-24-15/h1-4,6,8-10,12H,5,7,11H2. The first-order valence-electron chi connectivity index (χ1n) is 7.41. The van der Waals surface area contributed by atoms with Crippen molar-refractivity contribution in [2.45, 2.75) is 13.0 Å². The molecule has 6 heteroatoms. The van der Waals surface area contributed by atoms with Gasteiger partial charge in [-0.3, -0.25) is 4.79 Å². The summed E-state index contributed by atoms with van der Waals surface area (Å²) < 4.78 is 5.11. The molecule has 24 heavy (non-hydrogen) atoms. The number of rotatable bonds is 6. The molecule has 1 aromatic carbocycles. The van der Waals surface area contributed by atoms with Crippen LogP contribution in [0.1, 0.15) is 20.8 Å². The number of carbonyl (C=O) groups excluding carboxylic acids is 1. The summed E-state index contributed by atoms with van der Waals surface area (Å²) >= 11 is 13.9. The molecule has 3 aromatic rings. The molecule has 0 unspecified atom stereocenters. The summed E-state index contributed by atoms with van der Waals surface area (Å²) in [5.41, 5.74) is 1.35. The number of carbonyl (C=O) groups is 1. The van der Waals surface area contributed by atoms with E-state index < -0.39 is 0 Å². The van der Waals surface area contributed by atoms with E-state index in [0.717, 1.165) is 12.0 Å². The molecular weight excluding hydrogens is 365 g/mol. The molecule has 124 valence electrons. The Morgan fingerprint density at radius 2 is 2.08 bits per heavy atom. The van der Waals surface area contributed by atoms with E-state index in [2.05, 4.69) is 6.07 Å². The second kappa shape index (κ2) is 7.88. The van der Waals surface area contributed by atoms with Gasteiger partial charge in [-0.25, -0.2) is 0 Å². The summed E-state index contributed by atoms with van der Waals surface area (Å²) in [5.74, 6) is -0.139. The lowest BCUT2D eigenvalue weighted by Gasteiger charge is -2.22. The Bertz CT molecular complexity index is 801. The van der Waals surface area contributed by atoms with Crippen molar-refractivity contribution in [3.8, 4) is 0 Å². The van der Waals surface area contributed by atoms with Crippen LogP contribution in [0.15, 0.2) is 58.7 Å². The Kier molecular flexibility index (Phi) is 5.61. The van der Waals surface area contributed by atoms with Gasteiger partial charge in [0, 0.05) is 28.6 Å². The highest BCUT2D eigenvalue weighted by molar-refractivity contribution is 7.09. The molecule has 0 atom stereocenters. The number of halogens is 2. The van der Waals surface area contributed by atoms with Gasteiger partial charge < -0.3 is 9.32 Å². The molecule has 3 rings (SSSR count). The van der Waals surface area contributed by atoms with Crippen LogP contribution >= 0.6 is 34.5 Å². The Hall–Kier alpha value is -1.75. The van der Waals surface area contributed by atoms with Gasteiger partial charge in [-0.2, -0.15) is 0 Å². The summed E-state index contributed by atoms with van der Waals surface area (Å²) in [7, 11) is 0. The van der Waals surface area contributed by atoms with E-state index in [4.69, 9.17) is 27.6 Å². The van der Waals surface area contributed by atoms with Gasteiger partial charge in [0.2, 0.25) is 0 Å². The van der Waals surface area contributed by atoms with E-state index in [1.165, 1.54) is 4.88 Å². The normalized spacial score (nSPS) is 10.8. The minimum atomic E-state index is -0.139. The highest BCUT2D eigenvalue weighted by atomic mass is 35.5. The number of hydrogen-bond donors (Lipinski definition) is 0. The van der Waals surface area contributed by atoms with E-state index in [-0.39, 0.29) is 5.91 Å². The minimum absolute atomic E-state index is 0.139. The monoisotopic (exact) mass is 379 g/mol. The van der Waals surface area contributed by atoms with Gasteiger partial charge in [0.05, 0.1) is 23.1 Å². The first-order valence-corrected chi connectivity index (χ1v) is 9.05. The van der Waals surface area contributed by atoms with Crippen LogP contribution in [0.2, 0.25) is 10.0 Å². The average Bonchev–Trinajstić information content (AvgIpc) is 3.26. The third-order valence-corrected chi connectivity index (χ3v) is 5.11. The predicted octanol–water partition coefficient (Wildman–Crippen LogP) is 5.53. The summed E-state index contributed by atoms with van der Waals surface area (Å²) in [4.78, 5) is 16.0. The van der Waals surface area contributed by atoms with Crippen molar-refractivity contribution in [1.29, 1.82) is 0 Å². The molecule has 0 aliphatic heterocycles. The molecule has 1 amide bonds. The van der Waals surface area contributed by atoms with Crippen LogP contribution in [0.5, 0.6) is 0 Å². The van der Waals surface area contributed by atoms with Crippen molar-refractivity contribution in [3.63, 3.8) is 0 Å². The number of benzene rings is 1. The average molecular weight is 380 g/mol. The molecule has 0 saturated carbocycles. The lowest BCUT2D eigenvalue weighted by atomic mass is 10.1. The van der Waals surface area contributed by atoms with Crippen LogP contribution in [0.25, 0.3) is 0 Å². The number of nitrogens with zero attached hydrogens (tertiary/aromatic N) is 1. The maximum Gasteiger partial charge on any atom is 0.255 e. The van der Waals surface area contributed by atoms with Crippen LogP contribution in [-0.2, 0) is 13.0 Å². The molecule has 0 bridgehead atoms. The van der Waals surface area contributed by atoms with Crippen LogP contribution in [-0.4, -0.2) is 17.4 Å². The maximum absolute atomic E-state index is 13.0. The van der Waals surface area contributed by atoms with Gasteiger partial charge in [-0.1, -0.05) is 29.3 Å². The molecule has 0 fully saturated rings. The van der Waals surface area contributed by atoms with Gasteiger partial charge >= 0.3 is 0 Å². The lowest BCUT2D eigenvalue weighted by Crippen LogP contribution is -2.32. The maximum atomic E-state index is 13.0. The highest BCUT2D eigenvalue weighted by Crippen LogP contribution is 2.23. The molecule has 0 spiro atoms. The Labute approximate surface area is 154 Å². The molecule has 0 aliphatic rings. The fraction of sp³-hybridized carbons (Fsp3) is 0.167. The molecular formula is C18H15Cl2NO2S. The molecule has 0 radical (unpaired) electrons. The lowest BCUT2D eigenvalue weighted by molar-refractivity contribution is 0.0745. The van der Waals surface area contributed by atoms with Crippen molar-refractivity contribution >= 4 is 40.4 Å². The third-order valence-electron chi connectivity index (χ3n) is 3.61. The van der Waals surface area contributed by atoms with E-state index >= 15 is 0 Å². The third kappa shape index (κ3) is 4.20. The number of hydrogen-bond acceptors (Lipinski definition) is 3. The van der Waals surface area contributed by atoms with E-state index in [9.17, 15) is 4.79 Å². The smallest absolute Gasteiger partial charge is 0.255 e. The summed E-state index contributed by atoms with van der Waals surface area (Å²) in [6.07, 6.45) is 4.04. The van der Waals surface area contributed by atoms with Gasteiger partial charge in [0.1, 0.15) is 0 Å². The Morgan fingerprint density at radius 3 is 2.79 bits per heavy atom. The summed E-state index contributed by atoms with van der Waals surface area (Å²) in [6.45, 7) is 1.05. The van der Waals surface area contributed by atoms with Gasteiger partial charge in [0.25, 0.3) is 5.91 Å². The first-order chi connectivity index (χ1) is 11.6. The van der Waals surface area contributed by atoms with E-state index in [1.807, 2.05) is 17.5 Å². The van der Waals surface area contributed by atoms with E-state index in [1.54, 1.807) is 47.0 Å². The van der Waals surface area contributed by atoms with Crippen LogP contribution < -0.4 is 0 Å². The Balaban J connectivity index is 1.82. The van der Waals surface area contributed by atoms with Crippen molar-refractivity contribution in [1.82, 2.24) is 4.90 Å². The van der Waals surface area contributed by atoms with Crippen molar-refractivity contribution in [3.05, 3.63) is 80.4 Å². The SMILES string of the molecule is O=C(c1cc(Cl)ccc1Cl)N(CCc1cccs1)Cc1ccoc1. The molecule has 0 N–H and O–H groups in total. The fourth-order valence-corrected chi connectivity index (χ4v) is 3.46. The summed E-state index contributed by atoms with van der Waals surface area (Å²) in [5, 5.41) is 2.92. The van der Waals surface area contributed by atoms with Crippen molar-refractivity contribution in [2.75, 3.05) is 6.54 Å². The van der Waals surface area contributed by atoms with Crippen LogP contribution in [0, 0.1) is 0 Å².